The molecule has 6 heteroatoms. The van der Waals surface area contributed by atoms with E-state index < -0.39 is 5.60 Å². The number of aliphatic hydroxyl groups is 1. The number of ether oxygens (including phenoxy) is 1. The maximum absolute atomic E-state index is 12.5. The van der Waals surface area contributed by atoms with Gasteiger partial charge in [-0.15, -0.1) is 0 Å². The van der Waals surface area contributed by atoms with Gasteiger partial charge in [0.25, 0.3) is 0 Å². The van der Waals surface area contributed by atoms with E-state index in [9.17, 15) is 14.7 Å². The lowest BCUT2D eigenvalue weighted by molar-refractivity contribution is -0.140. The molecule has 6 nitrogen and oxygen atoms in total. The molecule has 2 aliphatic rings. The number of amides is 1. The lowest BCUT2D eigenvalue weighted by atomic mass is 9.77. The molecule has 0 unspecified atom stereocenters. The highest BCUT2D eigenvalue weighted by atomic mass is 16.5. The smallest absolute Gasteiger partial charge is 0.339 e. The fraction of sp³-hybridized carbons (Fsp3) is 0.611. The highest BCUT2D eigenvalue weighted by Crippen LogP contribution is 2.35. The van der Waals surface area contributed by atoms with Crippen molar-refractivity contribution >= 4 is 11.9 Å². The van der Waals surface area contributed by atoms with Crippen molar-refractivity contribution in [3.63, 3.8) is 0 Å². The largest absolute Gasteiger partial charge is 0.465 e. The van der Waals surface area contributed by atoms with E-state index in [0.29, 0.717) is 37.2 Å². The van der Waals surface area contributed by atoms with Gasteiger partial charge in [0.1, 0.15) is 0 Å². The third-order valence-electron chi connectivity index (χ3n) is 5.17. The Hall–Kier alpha value is -1.95. The van der Waals surface area contributed by atoms with Crippen LogP contribution in [0.4, 0.5) is 0 Å². The van der Waals surface area contributed by atoms with Crippen LogP contribution in [0.15, 0.2) is 6.07 Å². The highest BCUT2D eigenvalue weighted by molar-refractivity contribution is 5.90. The molecular formula is C18H24N2O4. The Morgan fingerprint density at radius 1 is 1.33 bits per heavy atom. The molecular weight excluding hydrogens is 308 g/mol. The van der Waals surface area contributed by atoms with E-state index in [1.54, 1.807) is 6.92 Å². The number of rotatable bonds is 3. The van der Waals surface area contributed by atoms with Crippen molar-refractivity contribution in [3.05, 3.63) is 28.6 Å². The number of esters is 1. The van der Waals surface area contributed by atoms with E-state index in [0.717, 1.165) is 30.5 Å². The standard InChI is InChI=1S/C18H24N2O4/c1-12-14(17(22)24-2)10-13-4-8-20(9-5-15(13)19-12)16(21)11-18(23)6-3-7-18/h10,23H,3-9,11H2,1-2H3. The maximum Gasteiger partial charge on any atom is 0.339 e. The number of fused-ring (bicyclic) bond motifs is 1. The minimum atomic E-state index is -0.789. The van der Waals surface area contributed by atoms with E-state index in [4.69, 9.17) is 4.74 Å². The maximum atomic E-state index is 12.5. The minimum Gasteiger partial charge on any atom is -0.465 e. The Labute approximate surface area is 141 Å². The molecule has 1 aromatic rings. The van der Waals surface area contributed by atoms with Crippen LogP contribution in [-0.4, -0.2) is 52.7 Å². The lowest BCUT2D eigenvalue weighted by Gasteiger charge is -2.37. The lowest BCUT2D eigenvalue weighted by Crippen LogP contribution is -2.44. The third kappa shape index (κ3) is 3.29. The number of pyridine rings is 1. The van der Waals surface area contributed by atoms with E-state index in [2.05, 4.69) is 4.98 Å². The topological polar surface area (TPSA) is 79.7 Å². The molecule has 24 heavy (non-hydrogen) atoms. The Bertz CT molecular complexity index is 667. The molecule has 0 atom stereocenters. The number of carbonyl (C=O) groups excluding carboxylic acids is 2. The van der Waals surface area contributed by atoms with Crippen LogP contribution in [0.3, 0.4) is 0 Å². The summed E-state index contributed by atoms with van der Waals surface area (Å²) in [6.07, 6.45) is 3.97. The van der Waals surface area contributed by atoms with Gasteiger partial charge in [-0.05, 0) is 44.2 Å². The number of methoxy groups -OCH3 is 1. The summed E-state index contributed by atoms with van der Waals surface area (Å²) < 4.78 is 4.80. The molecule has 2 heterocycles. The average Bonchev–Trinajstić information content (AvgIpc) is 2.74. The second-order valence-corrected chi connectivity index (χ2v) is 6.85. The van der Waals surface area contributed by atoms with E-state index >= 15 is 0 Å². The highest BCUT2D eigenvalue weighted by Gasteiger charge is 2.38. The molecule has 0 bridgehead atoms. The molecule has 1 N–H and O–H groups in total. The zero-order chi connectivity index (χ0) is 17.3. The molecule has 1 saturated carbocycles. The van der Waals surface area contributed by atoms with Crippen LogP contribution < -0.4 is 0 Å². The quantitative estimate of drug-likeness (QED) is 0.847. The van der Waals surface area contributed by atoms with Gasteiger partial charge in [0.15, 0.2) is 0 Å². The van der Waals surface area contributed by atoms with Crippen LogP contribution in [0.5, 0.6) is 0 Å². The summed E-state index contributed by atoms with van der Waals surface area (Å²) in [5.74, 6) is -0.373. The number of aromatic nitrogens is 1. The monoisotopic (exact) mass is 332 g/mol. The molecule has 1 aromatic heterocycles. The summed E-state index contributed by atoms with van der Waals surface area (Å²) in [6, 6.07) is 1.84. The zero-order valence-electron chi connectivity index (χ0n) is 14.3. The predicted octanol–water partition coefficient (Wildman–Crippen LogP) is 1.41. The fourth-order valence-electron chi connectivity index (χ4n) is 3.46. The Morgan fingerprint density at radius 3 is 2.67 bits per heavy atom. The van der Waals surface area contributed by atoms with Gasteiger partial charge in [-0.25, -0.2) is 4.79 Å². The summed E-state index contributed by atoms with van der Waals surface area (Å²) >= 11 is 0. The van der Waals surface area contributed by atoms with Crippen LogP contribution in [-0.2, 0) is 22.4 Å². The van der Waals surface area contributed by atoms with Crippen LogP contribution in [0, 0.1) is 6.92 Å². The van der Waals surface area contributed by atoms with Crippen molar-refractivity contribution in [2.75, 3.05) is 20.2 Å². The molecule has 1 fully saturated rings. The minimum absolute atomic E-state index is 0.00918. The molecule has 1 amide bonds. The van der Waals surface area contributed by atoms with Crippen molar-refractivity contribution in [1.29, 1.82) is 0 Å². The van der Waals surface area contributed by atoms with Gasteiger partial charge in [-0.2, -0.15) is 0 Å². The Kier molecular flexibility index (Phi) is 4.58. The number of carbonyl (C=O) groups is 2. The van der Waals surface area contributed by atoms with Gasteiger partial charge in [0.2, 0.25) is 5.91 Å². The fourth-order valence-corrected chi connectivity index (χ4v) is 3.46. The molecule has 0 saturated heterocycles. The molecule has 130 valence electrons. The zero-order valence-corrected chi connectivity index (χ0v) is 14.3. The van der Waals surface area contributed by atoms with Crippen molar-refractivity contribution in [3.8, 4) is 0 Å². The van der Waals surface area contributed by atoms with Gasteiger partial charge < -0.3 is 14.7 Å². The number of hydrogen-bond donors (Lipinski definition) is 1. The van der Waals surface area contributed by atoms with Crippen LogP contribution in [0.2, 0.25) is 0 Å². The van der Waals surface area contributed by atoms with Gasteiger partial charge in [-0.3, -0.25) is 9.78 Å². The third-order valence-corrected chi connectivity index (χ3v) is 5.17. The molecule has 1 aliphatic heterocycles. The number of aryl methyl sites for hydroxylation is 1. The summed E-state index contributed by atoms with van der Waals surface area (Å²) in [6.45, 7) is 2.99. The van der Waals surface area contributed by atoms with Crippen molar-refractivity contribution in [2.45, 2.75) is 51.0 Å². The van der Waals surface area contributed by atoms with Gasteiger partial charge >= 0.3 is 5.97 Å². The average molecular weight is 332 g/mol. The summed E-state index contributed by atoms with van der Waals surface area (Å²) in [7, 11) is 1.36. The van der Waals surface area contributed by atoms with Crippen LogP contribution in [0.25, 0.3) is 0 Å². The molecule has 3 rings (SSSR count). The van der Waals surface area contributed by atoms with E-state index in [1.165, 1.54) is 7.11 Å². The first-order valence-electron chi connectivity index (χ1n) is 8.50. The van der Waals surface area contributed by atoms with Gasteiger partial charge in [0.05, 0.1) is 30.4 Å². The van der Waals surface area contributed by atoms with Gasteiger partial charge in [0, 0.05) is 25.2 Å². The molecule has 0 spiro atoms. The summed E-state index contributed by atoms with van der Waals surface area (Å²) in [5, 5.41) is 10.2. The summed E-state index contributed by atoms with van der Waals surface area (Å²) in [4.78, 5) is 30.7. The molecule has 0 radical (unpaired) electrons. The van der Waals surface area contributed by atoms with Crippen molar-refractivity contribution in [2.24, 2.45) is 0 Å². The first kappa shape index (κ1) is 16.9. The predicted molar refractivity (Wildman–Crippen MR) is 87.7 cm³/mol. The number of hydrogen-bond acceptors (Lipinski definition) is 5. The van der Waals surface area contributed by atoms with Crippen molar-refractivity contribution < 1.29 is 19.4 Å². The number of nitrogens with zero attached hydrogens (tertiary/aromatic N) is 2. The van der Waals surface area contributed by atoms with Crippen LogP contribution in [0.1, 0.15) is 53.0 Å². The van der Waals surface area contributed by atoms with Crippen LogP contribution >= 0.6 is 0 Å². The van der Waals surface area contributed by atoms with Crippen molar-refractivity contribution in [1.82, 2.24) is 9.88 Å². The van der Waals surface area contributed by atoms with Gasteiger partial charge in [-0.1, -0.05) is 0 Å². The SMILES string of the molecule is COC(=O)c1cc2c(nc1C)CCN(C(=O)CC1(O)CCC1)CC2. The second-order valence-electron chi connectivity index (χ2n) is 6.85. The summed E-state index contributed by atoms with van der Waals surface area (Å²) in [5.41, 5.74) is 2.30. The Morgan fingerprint density at radius 2 is 2.04 bits per heavy atom. The van der Waals surface area contributed by atoms with E-state index in [-0.39, 0.29) is 18.3 Å². The first-order chi connectivity index (χ1) is 11.4. The molecule has 1 aliphatic carbocycles. The normalized spacial score (nSPS) is 19.0. The molecule has 0 aromatic carbocycles. The second kappa shape index (κ2) is 6.51. The first-order valence-corrected chi connectivity index (χ1v) is 8.50. The Balaban J connectivity index is 1.72. The van der Waals surface area contributed by atoms with E-state index in [1.807, 2.05) is 11.0 Å².